The Hall–Kier alpha value is -2.41. The quantitative estimate of drug-likeness (QED) is 0.818. The number of amides is 1. The third-order valence-electron chi connectivity index (χ3n) is 4.29. The van der Waals surface area contributed by atoms with Gasteiger partial charge in [0.25, 0.3) is 0 Å². The fourth-order valence-corrected chi connectivity index (χ4v) is 2.88. The molecule has 2 aliphatic rings. The van der Waals surface area contributed by atoms with Crippen LogP contribution in [0.1, 0.15) is 26.3 Å². The molecule has 1 fully saturated rings. The summed E-state index contributed by atoms with van der Waals surface area (Å²) in [5.41, 5.74) is 0.666. The highest BCUT2D eigenvalue weighted by molar-refractivity contribution is 5.91. The molecule has 1 atom stereocenters. The van der Waals surface area contributed by atoms with Gasteiger partial charge >= 0.3 is 6.09 Å². The number of piperazine rings is 1. The van der Waals surface area contributed by atoms with Crippen molar-refractivity contribution in [1.82, 2.24) is 9.80 Å². The number of hydrogen-bond acceptors (Lipinski definition) is 6. The Bertz CT molecular complexity index is 689. The number of nitrogens with zero attached hydrogens (tertiary/aromatic N) is 4. The molecular formula is C20H28N4O3. The average Bonchev–Trinajstić information content (AvgIpc) is 2.66. The van der Waals surface area contributed by atoms with Gasteiger partial charge in [0.15, 0.2) is 0 Å². The average molecular weight is 372 g/mol. The van der Waals surface area contributed by atoms with Crippen molar-refractivity contribution in [3.8, 4) is 0 Å². The maximum atomic E-state index is 12.1. The minimum Gasteiger partial charge on any atom is -0.444 e. The molecule has 7 heteroatoms. The number of ether oxygens (including phenoxy) is 2. The van der Waals surface area contributed by atoms with E-state index in [9.17, 15) is 4.79 Å². The van der Waals surface area contributed by atoms with Gasteiger partial charge in [-0.15, -0.1) is 0 Å². The lowest BCUT2D eigenvalue weighted by Gasteiger charge is -2.36. The molecule has 0 N–H and O–H groups in total. The van der Waals surface area contributed by atoms with Crippen LogP contribution in [0.25, 0.3) is 0 Å². The van der Waals surface area contributed by atoms with Gasteiger partial charge in [-0.3, -0.25) is 0 Å². The van der Waals surface area contributed by atoms with E-state index in [2.05, 4.69) is 14.9 Å². The molecule has 0 spiro atoms. The largest absolute Gasteiger partial charge is 0.444 e. The van der Waals surface area contributed by atoms with Crippen LogP contribution in [0, 0.1) is 0 Å². The Kier molecular flexibility index (Phi) is 6.11. The zero-order valence-corrected chi connectivity index (χ0v) is 16.3. The summed E-state index contributed by atoms with van der Waals surface area (Å²) < 4.78 is 11.3. The fraction of sp³-hybridized carbons (Fsp3) is 0.550. The van der Waals surface area contributed by atoms with Gasteiger partial charge in [0.1, 0.15) is 11.7 Å². The molecule has 2 aliphatic heterocycles. The first kappa shape index (κ1) is 19.4. The maximum absolute atomic E-state index is 12.1. The topological polar surface area (TPSA) is 66.7 Å². The van der Waals surface area contributed by atoms with Gasteiger partial charge in [0.2, 0.25) is 5.96 Å². The molecule has 0 bridgehead atoms. The third kappa shape index (κ3) is 5.79. The van der Waals surface area contributed by atoms with E-state index in [4.69, 9.17) is 9.47 Å². The van der Waals surface area contributed by atoms with Crippen LogP contribution in [0.5, 0.6) is 0 Å². The van der Waals surface area contributed by atoms with Crippen LogP contribution in [-0.4, -0.2) is 72.5 Å². The van der Waals surface area contributed by atoms with Crippen molar-refractivity contribution in [3.63, 3.8) is 0 Å². The SMILES string of the molecule is CC(C)(C)OC(=O)N1CCN(C2=NCC(OCc3ccccc3)C=N2)CC1. The van der Waals surface area contributed by atoms with Crippen molar-refractivity contribution in [2.45, 2.75) is 39.1 Å². The van der Waals surface area contributed by atoms with Crippen LogP contribution < -0.4 is 0 Å². The van der Waals surface area contributed by atoms with E-state index in [0.29, 0.717) is 39.3 Å². The van der Waals surface area contributed by atoms with Crippen molar-refractivity contribution in [2.75, 3.05) is 32.7 Å². The lowest BCUT2D eigenvalue weighted by atomic mass is 10.2. The minimum absolute atomic E-state index is 0.1000. The first-order chi connectivity index (χ1) is 12.9. The molecule has 7 nitrogen and oxygen atoms in total. The molecule has 0 radical (unpaired) electrons. The van der Waals surface area contributed by atoms with E-state index in [1.807, 2.05) is 57.3 Å². The summed E-state index contributed by atoms with van der Waals surface area (Å²) in [6, 6.07) is 10.1. The van der Waals surface area contributed by atoms with Gasteiger partial charge in [-0.25, -0.2) is 14.8 Å². The lowest BCUT2D eigenvalue weighted by molar-refractivity contribution is 0.0186. The number of aliphatic imine (C=N–C) groups is 2. The van der Waals surface area contributed by atoms with Crippen LogP contribution in [0.4, 0.5) is 4.79 Å². The summed E-state index contributed by atoms with van der Waals surface area (Å²) in [6.07, 6.45) is 1.47. The zero-order chi connectivity index (χ0) is 19.3. The molecule has 0 aromatic heterocycles. The minimum atomic E-state index is -0.472. The Morgan fingerprint density at radius 2 is 1.85 bits per heavy atom. The molecule has 1 aromatic carbocycles. The van der Waals surface area contributed by atoms with Crippen LogP contribution >= 0.6 is 0 Å². The van der Waals surface area contributed by atoms with Gasteiger partial charge in [-0.2, -0.15) is 0 Å². The number of benzene rings is 1. The third-order valence-corrected chi connectivity index (χ3v) is 4.29. The van der Waals surface area contributed by atoms with Gasteiger partial charge in [-0.1, -0.05) is 30.3 Å². The Morgan fingerprint density at radius 1 is 1.15 bits per heavy atom. The molecule has 1 aromatic rings. The molecule has 0 saturated carbocycles. The van der Waals surface area contributed by atoms with E-state index in [1.165, 1.54) is 0 Å². The van der Waals surface area contributed by atoms with Crippen LogP contribution in [0.2, 0.25) is 0 Å². The summed E-state index contributed by atoms with van der Waals surface area (Å²) in [4.78, 5) is 25.0. The maximum Gasteiger partial charge on any atom is 0.410 e. The number of hydrogen-bond donors (Lipinski definition) is 0. The summed E-state index contributed by atoms with van der Waals surface area (Å²) in [5, 5.41) is 0. The highest BCUT2D eigenvalue weighted by atomic mass is 16.6. The molecule has 3 rings (SSSR count). The van der Waals surface area contributed by atoms with Crippen LogP contribution in [-0.2, 0) is 16.1 Å². The Balaban J connectivity index is 1.43. The van der Waals surface area contributed by atoms with Crippen molar-refractivity contribution in [3.05, 3.63) is 35.9 Å². The number of carbonyl (C=O) groups excluding carboxylic acids is 1. The van der Waals surface area contributed by atoms with Gasteiger partial charge in [0, 0.05) is 32.4 Å². The molecule has 27 heavy (non-hydrogen) atoms. The van der Waals surface area contributed by atoms with Crippen molar-refractivity contribution in [1.29, 1.82) is 0 Å². The molecule has 2 heterocycles. The second-order valence-corrected chi connectivity index (χ2v) is 7.71. The van der Waals surface area contributed by atoms with E-state index in [1.54, 1.807) is 4.90 Å². The number of guanidine groups is 1. The van der Waals surface area contributed by atoms with Crippen LogP contribution in [0.15, 0.2) is 40.3 Å². The van der Waals surface area contributed by atoms with E-state index >= 15 is 0 Å². The first-order valence-electron chi connectivity index (χ1n) is 9.38. The van der Waals surface area contributed by atoms with Crippen molar-refractivity contribution >= 4 is 18.3 Å². The van der Waals surface area contributed by atoms with E-state index in [-0.39, 0.29) is 12.2 Å². The predicted molar refractivity (Wildman–Crippen MR) is 105 cm³/mol. The summed E-state index contributed by atoms with van der Waals surface area (Å²) in [7, 11) is 0. The van der Waals surface area contributed by atoms with Crippen LogP contribution in [0.3, 0.4) is 0 Å². The van der Waals surface area contributed by atoms with Gasteiger partial charge in [-0.05, 0) is 26.3 Å². The molecule has 1 saturated heterocycles. The van der Waals surface area contributed by atoms with Gasteiger partial charge in [0.05, 0.1) is 13.2 Å². The number of rotatable bonds is 3. The van der Waals surface area contributed by atoms with Gasteiger partial charge < -0.3 is 19.3 Å². The highest BCUT2D eigenvalue weighted by Gasteiger charge is 2.27. The molecule has 1 unspecified atom stereocenters. The normalized spacial score (nSPS) is 20.4. The molecule has 0 aliphatic carbocycles. The van der Waals surface area contributed by atoms with Crippen molar-refractivity contribution < 1.29 is 14.3 Å². The monoisotopic (exact) mass is 372 g/mol. The fourth-order valence-electron chi connectivity index (χ4n) is 2.88. The molecular weight excluding hydrogens is 344 g/mol. The van der Waals surface area contributed by atoms with E-state index < -0.39 is 5.60 Å². The summed E-state index contributed by atoms with van der Waals surface area (Å²) in [6.45, 7) is 9.37. The summed E-state index contributed by atoms with van der Waals surface area (Å²) >= 11 is 0. The van der Waals surface area contributed by atoms with Crippen molar-refractivity contribution in [2.24, 2.45) is 9.98 Å². The van der Waals surface area contributed by atoms with E-state index in [0.717, 1.165) is 11.5 Å². The molecule has 1 amide bonds. The Labute approximate surface area is 160 Å². The lowest BCUT2D eigenvalue weighted by Crippen LogP contribution is -2.51. The molecule has 146 valence electrons. The zero-order valence-electron chi connectivity index (χ0n) is 16.3. The number of carbonyl (C=O) groups is 1. The standard InChI is InChI=1S/C20H28N4O3/c1-20(2,3)27-19(25)24-11-9-23(10-12-24)18-21-13-17(14-22-18)26-15-16-7-5-4-6-8-16/h4-8,13,17H,9-12,14-15H2,1-3H3. The predicted octanol–water partition coefficient (Wildman–Crippen LogP) is 2.56. The Morgan fingerprint density at radius 3 is 2.44 bits per heavy atom. The summed E-state index contributed by atoms with van der Waals surface area (Å²) in [5.74, 6) is 0.721. The highest BCUT2D eigenvalue weighted by Crippen LogP contribution is 2.13. The second-order valence-electron chi connectivity index (χ2n) is 7.71. The smallest absolute Gasteiger partial charge is 0.410 e. The first-order valence-corrected chi connectivity index (χ1v) is 9.38. The second kappa shape index (κ2) is 8.52.